The minimum absolute atomic E-state index is 0.193. The van der Waals surface area contributed by atoms with Crippen molar-refractivity contribution in [3.63, 3.8) is 0 Å². The minimum Gasteiger partial charge on any atom is -0.0769 e. The van der Waals surface area contributed by atoms with Gasteiger partial charge in [0.25, 0.3) is 0 Å². The first-order chi connectivity index (χ1) is 13.9. The monoisotopic (exact) mass is 379 g/mol. The summed E-state index contributed by atoms with van der Waals surface area (Å²) in [5, 5.41) is 0. The van der Waals surface area contributed by atoms with Crippen molar-refractivity contribution in [1.82, 2.24) is 0 Å². The molecule has 1 fully saturated rings. The molecule has 0 saturated heterocycles. The van der Waals surface area contributed by atoms with Gasteiger partial charge in [0.1, 0.15) is 0 Å². The summed E-state index contributed by atoms with van der Waals surface area (Å²) < 4.78 is 0. The van der Waals surface area contributed by atoms with Crippen LogP contribution in [0.15, 0.2) is 47.6 Å². The lowest BCUT2D eigenvalue weighted by Crippen LogP contribution is -2.30. The molecule has 2 atom stereocenters. The molecule has 4 aliphatic rings. The van der Waals surface area contributed by atoms with E-state index in [1.807, 2.05) is 0 Å². The van der Waals surface area contributed by atoms with Gasteiger partial charge < -0.3 is 0 Å². The third-order valence-corrected chi connectivity index (χ3v) is 7.89. The summed E-state index contributed by atoms with van der Waals surface area (Å²) in [6.07, 6.45) is 11.6. The Morgan fingerprint density at radius 2 is 1.59 bits per heavy atom. The molecule has 29 heavy (non-hydrogen) atoms. The van der Waals surface area contributed by atoms with E-state index in [0.717, 1.165) is 18.3 Å². The fraction of sp³-hybridized carbons (Fsp3) is 0.414. The van der Waals surface area contributed by atoms with Gasteiger partial charge in [0.2, 0.25) is 0 Å². The van der Waals surface area contributed by atoms with Gasteiger partial charge in [-0.25, -0.2) is 0 Å². The standard InChI is InChI=1S/C29H31/c1-17-13-14-22(28(17)29(2,3)4)25-16-23-19-10-6-5-9-18(19)15-24(23)26-20-11-7-8-12-21(20)27(25)26/h5-6,9-10,13,15-16,20-21H,7-8,11-12,14H2,1-4H3. The van der Waals surface area contributed by atoms with E-state index in [1.165, 1.54) is 47.9 Å². The maximum Gasteiger partial charge on any atom is 0.0214 e. The van der Waals surface area contributed by atoms with Gasteiger partial charge in [-0.1, -0.05) is 69.5 Å². The first-order valence-electron chi connectivity index (χ1n) is 11.5. The van der Waals surface area contributed by atoms with Gasteiger partial charge in [-0.15, -0.1) is 0 Å². The molecular weight excluding hydrogens is 348 g/mol. The zero-order valence-corrected chi connectivity index (χ0v) is 18.2. The summed E-state index contributed by atoms with van der Waals surface area (Å²) in [5.41, 5.74) is 15.8. The van der Waals surface area contributed by atoms with E-state index in [-0.39, 0.29) is 5.41 Å². The van der Waals surface area contributed by atoms with Crippen LogP contribution in [0.2, 0.25) is 0 Å². The van der Waals surface area contributed by atoms with Crippen LogP contribution in [0.3, 0.4) is 0 Å². The van der Waals surface area contributed by atoms with Gasteiger partial charge in [-0.3, -0.25) is 0 Å². The van der Waals surface area contributed by atoms with Crippen LogP contribution in [-0.4, -0.2) is 0 Å². The smallest absolute Gasteiger partial charge is 0.0214 e. The molecule has 2 aromatic rings. The molecule has 4 aliphatic carbocycles. The number of allylic oxidation sites excluding steroid dienone is 4. The Labute approximate surface area is 175 Å². The third-order valence-electron chi connectivity index (χ3n) is 7.89. The second-order valence-corrected chi connectivity index (χ2v) is 10.6. The highest BCUT2D eigenvalue weighted by atomic mass is 14.5. The van der Waals surface area contributed by atoms with E-state index < -0.39 is 0 Å². The highest BCUT2D eigenvalue weighted by molar-refractivity contribution is 5.91. The number of hydrogen-bond acceptors (Lipinski definition) is 0. The van der Waals surface area contributed by atoms with Gasteiger partial charge >= 0.3 is 0 Å². The third kappa shape index (κ3) is 2.38. The summed E-state index contributed by atoms with van der Waals surface area (Å²) in [4.78, 5) is 0. The first kappa shape index (κ1) is 17.8. The molecule has 0 spiro atoms. The van der Waals surface area contributed by atoms with Crippen molar-refractivity contribution in [2.75, 3.05) is 0 Å². The molecule has 2 aromatic carbocycles. The molecular formula is C29H31. The van der Waals surface area contributed by atoms with Crippen molar-refractivity contribution in [1.29, 1.82) is 0 Å². The Morgan fingerprint density at radius 3 is 2.34 bits per heavy atom. The molecule has 0 amide bonds. The van der Waals surface area contributed by atoms with Crippen LogP contribution in [0.5, 0.6) is 0 Å². The Bertz CT molecular complexity index is 1100. The Balaban J connectivity index is 1.63. The fourth-order valence-corrected chi connectivity index (χ4v) is 6.90. The zero-order valence-electron chi connectivity index (χ0n) is 18.2. The SMILES string of the molecule is CC1=CCC(c2cc3c(c4c2C2CCCCC42)[CH]c2ccccc2-3)=C1C(C)(C)C. The molecule has 147 valence electrons. The summed E-state index contributed by atoms with van der Waals surface area (Å²) in [5.74, 6) is 1.60. The molecule has 0 N–H and O–H groups in total. The largest absolute Gasteiger partial charge is 0.0769 e. The summed E-state index contributed by atoms with van der Waals surface area (Å²) in [6.45, 7) is 9.48. The normalized spacial score (nSPS) is 24.5. The van der Waals surface area contributed by atoms with Crippen molar-refractivity contribution in [2.24, 2.45) is 5.41 Å². The van der Waals surface area contributed by atoms with Crippen molar-refractivity contribution in [2.45, 2.75) is 71.6 Å². The molecule has 1 radical (unpaired) electrons. The van der Waals surface area contributed by atoms with E-state index in [9.17, 15) is 0 Å². The molecule has 0 bridgehead atoms. The van der Waals surface area contributed by atoms with Crippen LogP contribution in [0.25, 0.3) is 16.7 Å². The van der Waals surface area contributed by atoms with Crippen LogP contribution in [0, 0.1) is 11.8 Å². The van der Waals surface area contributed by atoms with E-state index in [1.54, 1.807) is 33.4 Å². The Morgan fingerprint density at radius 1 is 0.862 bits per heavy atom. The van der Waals surface area contributed by atoms with Crippen LogP contribution in [0.1, 0.15) is 99.5 Å². The second-order valence-electron chi connectivity index (χ2n) is 10.6. The van der Waals surface area contributed by atoms with E-state index in [0.29, 0.717) is 0 Å². The molecule has 0 aliphatic heterocycles. The maximum absolute atomic E-state index is 2.58. The molecule has 0 aromatic heterocycles. The number of fused-ring (bicyclic) bond motifs is 8. The van der Waals surface area contributed by atoms with Crippen molar-refractivity contribution >= 4 is 5.57 Å². The molecule has 0 heteroatoms. The van der Waals surface area contributed by atoms with Gasteiger partial charge in [-0.2, -0.15) is 0 Å². The highest BCUT2D eigenvalue weighted by Gasteiger charge is 2.45. The lowest BCUT2D eigenvalue weighted by atomic mass is 9.57. The average molecular weight is 380 g/mol. The van der Waals surface area contributed by atoms with Crippen LogP contribution < -0.4 is 0 Å². The minimum atomic E-state index is 0.193. The van der Waals surface area contributed by atoms with Crippen molar-refractivity contribution < 1.29 is 0 Å². The van der Waals surface area contributed by atoms with Crippen molar-refractivity contribution in [3.8, 4) is 11.1 Å². The van der Waals surface area contributed by atoms with Crippen LogP contribution >= 0.6 is 0 Å². The van der Waals surface area contributed by atoms with Gasteiger partial charge in [0.05, 0.1) is 0 Å². The topological polar surface area (TPSA) is 0 Å². The van der Waals surface area contributed by atoms with E-state index in [2.05, 4.69) is 70.5 Å². The first-order valence-corrected chi connectivity index (χ1v) is 11.5. The predicted octanol–water partition coefficient (Wildman–Crippen LogP) is 8.17. The molecule has 6 rings (SSSR count). The summed E-state index contributed by atoms with van der Waals surface area (Å²) in [7, 11) is 0. The summed E-state index contributed by atoms with van der Waals surface area (Å²) >= 11 is 0. The van der Waals surface area contributed by atoms with Crippen molar-refractivity contribution in [3.05, 3.63) is 81.8 Å². The summed E-state index contributed by atoms with van der Waals surface area (Å²) in [6, 6.07) is 11.6. The molecule has 1 saturated carbocycles. The van der Waals surface area contributed by atoms with Gasteiger partial charge in [-0.05, 0) is 99.6 Å². The highest BCUT2D eigenvalue weighted by Crippen LogP contribution is 2.62. The average Bonchev–Trinajstić information content (AvgIpc) is 3.24. The van der Waals surface area contributed by atoms with Crippen LogP contribution in [-0.2, 0) is 0 Å². The lowest BCUT2D eigenvalue weighted by molar-refractivity contribution is 0.340. The molecule has 0 nitrogen and oxygen atoms in total. The molecule has 0 heterocycles. The maximum atomic E-state index is 2.58. The lowest BCUT2D eigenvalue weighted by Gasteiger charge is -2.46. The van der Waals surface area contributed by atoms with Gasteiger partial charge in [0, 0.05) is 6.42 Å². The van der Waals surface area contributed by atoms with Crippen LogP contribution in [0.4, 0.5) is 0 Å². The Kier molecular flexibility index (Phi) is 3.65. The molecule has 2 unspecified atom stereocenters. The Hall–Kier alpha value is -2.08. The van der Waals surface area contributed by atoms with E-state index in [4.69, 9.17) is 0 Å². The predicted molar refractivity (Wildman–Crippen MR) is 123 cm³/mol. The van der Waals surface area contributed by atoms with Gasteiger partial charge in [0.15, 0.2) is 0 Å². The zero-order chi connectivity index (χ0) is 19.9. The second kappa shape index (κ2) is 5.97. The number of benzene rings is 2. The number of rotatable bonds is 1. The van der Waals surface area contributed by atoms with E-state index >= 15 is 0 Å². The quantitative estimate of drug-likeness (QED) is 0.400. The number of hydrogen-bond donors (Lipinski definition) is 0. The fourth-order valence-electron chi connectivity index (χ4n) is 6.90.